The second-order valence-corrected chi connectivity index (χ2v) is 7.24. The summed E-state index contributed by atoms with van der Waals surface area (Å²) in [5.41, 5.74) is 0.868. The fraction of sp³-hybridized carbons (Fsp3) is 0.579. The molecule has 1 fully saturated rings. The van der Waals surface area contributed by atoms with Gasteiger partial charge in [0, 0.05) is 11.6 Å². The number of nitrogens with one attached hydrogen (secondary N) is 1. The lowest BCUT2D eigenvalue weighted by atomic mass is 9.98. The fourth-order valence-electron chi connectivity index (χ4n) is 2.94. The standard InChI is InChI=1S/C19H25ClN2O7/c1-11-15(24)16(25)17(26)19(29-11)28-7-6-22-18(27)13(9-21-10-23)8-12-2-4-14(20)5-3-12/h2-5,11,13,15-17,19,24-26H,6-9H2,1H3,(H,22,27)/t11-,13?,15+,16+,17-,19+/m0/s1. The summed E-state index contributed by atoms with van der Waals surface area (Å²) in [6.45, 7) is 1.66. The minimum atomic E-state index is -1.41. The molecule has 10 heteroatoms. The van der Waals surface area contributed by atoms with E-state index >= 15 is 0 Å². The highest BCUT2D eigenvalue weighted by atomic mass is 35.5. The number of aliphatic imine (C=N–C) groups is 1. The number of aliphatic hydroxyl groups is 3. The molecule has 0 spiro atoms. The van der Waals surface area contributed by atoms with Gasteiger partial charge in [-0.2, -0.15) is 0 Å². The summed E-state index contributed by atoms with van der Waals surface area (Å²) in [7, 11) is 0. The molecule has 1 aliphatic rings. The summed E-state index contributed by atoms with van der Waals surface area (Å²) >= 11 is 5.86. The monoisotopic (exact) mass is 428 g/mol. The van der Waals surface area contributed by atoms with Gasteiger partial charge >= 0.3 is 0 Å². The Kier molecular flexibility index (Phi) is 9.19. The van der Waals surface area contributed by atoms with Gasteiger partial charge in [0.1, 0.15) is 18.3 Å². The van der Waals surface area contributed by atoms with Crippen molar-refractivity contribution in [3.8, 4) is 0 Å². The Bertz CT molecular complexity index is 711. The zero-order valence-electron chi connectivity index (χ0n) is 15.9. The molecular formula is C19H25ClN2O7. The molecule has 1 aromatic rings. The predicted octanol–water partition coefficient (Wildman–Crippen LogP) is -0.205. The average molecular weight is 429 g/mol. The number of aliphatic hydroxyl groups excluding tert-OH is 3. The molecule has 1 aliphatic heterocycles. The molecule has 1 aromatic carbocycles. The van der Waals surface area contributed by atoms with Crippen molar-refractivity contribution in [1.29, 1.82) is 0 Å². The molecule has 9 nitrogen and oxygen atoms in total. The van der Waals surface area contributed by atoms with E-state index in [2.05, 4.69) is 10.3 Å². The van der Waals surface area contributed by atoms with Gasteiger partial charge in [-0.1, -0.05) is 23.7 Å². The highest BCUT2D eigenvalue weighted by Crippen LogP contribution is 2.21. The molecule has 0 aromatic heterocycles. The molecule has 0 bridgehead atoms. The largest absolute Gasteiger partial charge is 0.388 e. The molecule has 0 aliphatic carbocycles. The number of carbonyl (C=O) groups is 1. The van der Waals surface area contributed by atoms with Gasteiger partial charge in [-0.25, -0.2) is 9.79 Å². The first kappa shape index (κ1) is 23.4. The van der Waals surface area contributed by atoms with E-state index in [0.717, 1.165) is 5.56 Å². The van der Waals surface area contributed by atoms with Crippen molar-refractivity contribution in [2.75, 3.05) is 19.7 Å². The van der Waals surface area contributed by atoms with E-state index in [1.165, 1.54) is 6.08 Å². The van der Waals surface area contributed by atoms with E-state index in [1.807, 2.05) is 0 Å². The van der Waals surface area contributed by atoms with Crippen molar-refractivity contribution in [2.45, 2.75) is 44.1 Å². The molecule has 2 rings (SSSR count). The molecule has 160 valence electrons. The molecule has 1 unspecified atom stereocenters. The predicted molar refractivity (Wildman–Crippen MR) is 103 cm³/mol. The third-order valence-electron chi connectivity index (χ3n) is 4.63. The topological polar surface area (TPSA) is 138 Å². The minimum Gasteiger partial charge on any atom is -0.388 e. The summed E-state index contributed by atoms with van der Waals surface area (Å²) < 4.78 is 10.7. The third kappa shape index (κ3) is 6.87. The van der Waals surface area contributed by atoms with E-state index in [-0.39, 0.29) is 25.6 Å². The van der Waals surface area contributed by atoms with Crippen LogP contribution in [-0.4, -0.2) is 77.7 Å². The van der Waals surface area contributed by atoms with Crippen molar-refractivity contribution >= 4 is 23.6 Å². The van der Waals surface area contributed by atoms with Crippen LogP contribution in [0.15, 0.2) is 29.3 Å². The van der Waals surface area contributed by atoms with Gasteiger partial charge < -0.3 is 30.1 Å². The van der Waals surface area contributed by atoms with Crippen molar-refractivity contribution in [1.82, 2.24) is 5.32 Å². The van der Waals surface area contributed by atoms with Gasteiger partial charge in [-0.05, 0) is 31.0 Å². The average Bonchev–Trinajstić information content (AvgIpc) is 2.71. The highest BCUT2D eigenvalue weighted by Gasteiger charge is 2.42. The maximum Gasteiger partial charge on any atom is 0.234 e. The van der Waals surface area contributed by atoms with Gasteiger partial charge in [0.15, 0.2) is 6.29 Å². The smallest absolute Gasteiger partial charge is 0.234 e. The molecule has 0 radical (unpaired) electrons. The zero-order chi connectivity index (χ0) is 21.4. The lowest BCUT2D eigenvalue weighted by molar-refractivity contribution is -0.292. The van der Waals surface area contributed by atoms with Crippen molar-refractivity contribution in [3.05, 3.63) is 34.9 Å². The molecule has 4 N–H and O–H groups in total. The second-order valence-electron chi connectivity index (χ2n) is 6.80. The van der Waals surface area contributed by atoms with E-state index in [4.69, 9.17) is 21.1 Å². The lowest BCUT2D eigenvalue weighted by Crippen LogP contribution is -2.57. The van der Waals surface area contributed by atoms with Gasteiger partial charge in [0.25, 0.3) is 0 Å². The molecule has 0 saturated carbocycles. The molecule has 1 heterocycles. The maximum absolute atomic E-state index is 12.4. The number of hydrogen-bond acceptors (Lipinski definition) is 8. The quantitative estimate of drug-likeness (QED) is 0.242. The van der Waals surface area contributed by atoms with Crippen LogP contribution in [0.25, 0.3) is 0 Å². The van der Waals surface area contributed by atoms with E-state index in [1.54, 1.807) is 31.2 Å². The lowest BCUT2D eigenvalue weighted by Gasteiger charge is -2.38. The van der Waals surface area contributed by atoms with Gasteiger partial charge in [0.2, 0.25) is 12.0 Å². The van der Waals surface area contributed by atoms with Crippen molar-refractivity contribution < 1.29 is 34.4 Å². The number of ether oxygens (including phenoxy) is 2. The van der Waals surface area contributed by atoms with Crippen LogP contribution < -0.4 is 5.32 Å². The van der Waals surface area contributed by atoms with Crippen LogP contribution in [0.4, 0.5) is 0 Å². The van der Waals surface area contributed by atoms with E-state index in [9.17, 15) is 24.9 Å². The van der Waals surface area contributed by atoms with Crippen LogP contribution >= 0.6 is 11.6 Å². The summed E-state index contributed by atoms with van der Waals surface area (Å²) in [5, 5.41) is 32.6. The Balaban J connectivity index is 1.83. The van der Waals surface area contributed by atoms with Crippen LogP contribution in [0.1, 0.15) is 12.5 Å². The van der Waals surface area contributed by atoms with Crippen LogP contribution in [0, 0.1) is 5.92 Å². The van der Waals surface area contributed by atoms with E-state index in [0.29, 0.717) is 11.4 Å². The molecular weight excluding hydrogens is 404 g/mol. The van der Waals surface area contributed by atoms with Gasteiger partial charge in [-0.15, -0.1) is 0 Å². The Labute approximate surface area is 173 Å². The third-order valence-corrected chi connectivity index (χ3v) is 4.89. The summed E-state index contributed by atoms with van der Waals surface area (Å²) in [6, 6.07) is 7.01. The molecule has 6 atom stereocenters. The van der Waals surface area contributed by atoms with Crippen LogP contribution in [0.2, 0.25) is 5.02 Å². The summed E-state index contributed by atoms with van der Waals surface area (Å²) in [5.74, 6) is -0.900. The Morgan fingerprint density at radius 2 is 1.97 bits per heavy atom. The Morgan fingerprint density at radius 1 is 1.28 bits per heavy atom. The second kappa shape index (κ2) is 11.4. The summed E-state index contributed by atoms with van der Waals surface area (Å²) in [4.78, 5) is 26.4. The number of rotatable bonds is 9. The molecule has 1 saturated heterocycles. The number of hydrogen-bond donors (Lipinski definition) is 4. The van der Waals surface area contributed by atoms with Crippen LogP contribution in [0.5, 0.6) is 0 Å². The number of halogens is 1. The van der Waals surface area contributed by atoms with Gasteiger partial charge in [-0.3, -0.25) is 4.79 Å². The number of amides is 1. The fourth-order valence-corrected chi connectivity index (χ4v) is 3.06. The Morgan fingerprint density at radius 3 is 2.62 bits per heavy atom. The van der Waals surface area contributed by atoms with E-state index < -0.39 is 36.6 Å². The van der Waals surface area contributed by atoms with Crippen LogP contribution in [0.3, 0.4) is 0 Å². The first-order valence-corrected chi connectivity index (χ1v) is 9.58. The highest BCUT2D eigenvalue weighted by molar-refractivity contribution is 6.30. The first-order valence-electron chi connectivity index (χ1n) is 9.20. The van der Waals surface area contributed by atoms with Gasteiger partial charge in [0.05, 0.1) is 25.2 Å². The van der Waals surface area contributed by atoms with Crippen molar-refractivity contribution in [2.24, 2.45) is 10.9 Å². The van der Waals surface area contributed by atoms with Crippen molar-refractivity contribution in [3.63, 3.8) is 0 Å². The number of carbonyl (C=O) groups excluding carboxylic acids is 2. The number of nitrogens with zero attached hydrogens (tertiary/aromatic N) is 1. The summed E-state index contributed by atoms with van der Waals surface area (Å²) in [6.07, 6.45) is -4.04. The normalized spacial score (nSPS) is 27.7. The Hall–Kier alpha value is -1.84. The number of isocyanates is 1. The number of benzene rings is 1. The zero-order valence-corrected chi connectivity index (χ0v) is 16.7. The SMILES string of the molecule is C[C@@H]1O[C@@H](OCCNC(=O)C(CN=C=O)Cc2ccc(Cl)cc2)[C@@H](O)[C@H](O)[C@@H]1O. The first-order chi connectivity index (χ1) is 13.8. The minimum absolute atomic E-state index is 0.00755. The molecule has 1 amide bonds. The molecule has 29 heavy (non-hydrogen) atoms. The maximum atomic E-state index is 12.4. The van der Waals surface area contributed by atoms with Crippen LogP contribution in [-0.2, 0) is 25.5 Å².